The van der Waals surface area contributed by atoms with E-state index in [2.05, 4.69) is 5.32 Å². The van der Waals surface area contributed by atoms with Crippen LogP contribution in [0.1, 0.15) is 34.6 Å². The highest BCUT2D eigenvalue weighted by Gasteiger charge is 2.28. The Hall–Kier alpha value is -1.47. The molecule has 0 aromatic rings. The Morgan fingerprint density at radius 1 is 1.06 bits per heavy atom. The average molecular weight is 260 g/mol. The average Bonchev–Trinajstić information content (AvgIpc) is 2.22. The fourth-order valence-corrected chi connectivity index (χ4v) is 1.04. The van der Waals surface area contributed by atoms with Crippen molar-refractivity contribution in [2.75, 3.05) is 0 Å². The predicted molar refractivity (Wildman–Crippen MR) is 63.2 cm³/mol. The minimum atomic E-state index is -1.01. The number of ketones is 2. The first-order valence-electron chi connectivity index (χ1n) is 5.55. The van der Waals surface area contributed by atoms with Gasteiger partial charge in [-0.05, 0) is 34.6 Å². The molecule has 0 aromatic heterocycles. The third-order valence-corrected chi connectivity index (χ3v) is 1.96. The van der Waals surface area contributed by atoms with E-state index in [1.165, 1.54) is 13.8 Å². The van der Waals surface area contributed by atoms with Crippen LogP contribution in [0.4, 0.5) is 4.79 Å². The van der Waals surface area contributed by atoms with Crippen LogP contribution in [0.15, 0.2) is 0 Å². The van der Waals surface area contributed by atoms with E-state index in [-0.39, 0.29) is 0 Å². The summed E-state index contributed by atoms with van der Waals surface area (Å²) in [7, 11) is 0. The van der Waals surface area contributed by atoms with Crippen molar-refractivity contribution in [3.8, 4) is 0 Å². The molecule has 0 rings (SSSR count). The van der Waals surface area contributed by atoms with Crippen LogP contribution in [0, 0.1) is 0 Å². The van der Waals surface area contributed by atoms with Crippen molar-refractivity contribution < 1.29 is 24.3 Å². The summed E-state index contributed by atoms with van der Waals surface area (Å²) in [6.45, 7) is 7.75. The third-order valence-electron chi connectivity index (χ3n) is 1.96. The first-order valence-corrected chi connectivity index (χ1v) is 5.55. The van der Waals surface area contributed by atoms with Gasteiger partial charge in [-0.15, -0.1) is 0 Å². The zero-order valence-corrected chi connectivity index (χ0v) is 11.2. The van der Waals surface area contributed by atoms with Gasteiger partial charge >= 0.3 is 6.09 Å². The molecule has 0 aromatic carbocycles. The van der Waals surface area contributed by atoms with Gasteiger partial charge in [0.05, 0.1) is 12.1 Å². The van der Waals surface area contributed by atoms with E-state index >= 15 is 0 Å². The molecule has 2 unspecified atom stereocenters. The van der Waals surface area contributed by atoms with Gasteiger partial charge in [-0.2, -0.15) is 5.48 Å². The largest absolute Gasteiger partial charge is 0.444 e. The molecular weight excluding hydrogens is 240 g/mol. The van der Waals surface area contributed by atoms with Crippen LogP contribution in [-0.4, -0.2) is 40.6 Å². The quantitative estimate of drug-likeness (QED) is 0.488. The van der Waals surface area contributed by atoms with Crippen molar-refractivity contribution in [3.63, 3.8) is 0 Å². The van der Waals surface area contributed by atoms with Crippen LogP contribution < -0.4 is 10.8 Å². The van der Waals surface area contributed by atoms with Gasteiger partial charge in [-0.1, -0.05) is 0 Å². The molecule has 0 aliphatic rings. The van der Waals surface area contributed by atoms with Crippen LogP contribution in [0.3, 0.4) is 0 Å². The summed E-state index contributed by atoms with van der Waals surface area (Å²) in [6, 6.07) is -2.02. The van der Waals surface area contributed by atoms with Crippen molar-refractivity contribution in [2.45, 2.75) is 52.3 Å². The van der Waals surface area contributed by atoms with Crippen LogP contribution in [0.2, 0.25) is 0 Å². The lowest BCUT2D eigenvalue weighted by molar-refractivity contribution is -0.139. The third kappa shape index (κ3) is 5.74. The molecule has 0 aliphatic carbocycles. The maximum atomic E-state index is 11.6. The summed E-state index contributed by atoms with van der Waals surface area (Å²) in [4.78, 5) is 34.4. The SMILES string of the molecule is CC(NO)C(=O)C(=O)C(C)NC(=O)OC(C)(C)C. The van der Waals surface area contributed by atoms with E-state index in [1.54, 1.807) is 26.3 Å². The Labute approximate surface area is 106 Å². The molecule has 7 nitrogen and oxygen atoms in total. The van der Waals surface area contributed by atoms with Crippen LogP contribution >= 0.6 is 0 Å². The minimum absolute atomic E-state index is 0.684. The van der Waals surface area contributed by atoms with E-state index < -0.39 is 35.3 Å². The summed E-state index contributed by atoms with van der Waals surface area (Å²) >= 11 is 0. The van der Waals surface area contributed by atoms with Crippen molar-refractivity contribution in [3.05, 3.63) is 0 Å². The van der Waals surface area contributed by atoms with Crippen LogP contribution in [0.25, 0.3) is 0 Å². The first kappa shape index (κ1) is 16.5. The van der Waals surface area contributed by atoms with Gasteiger partial charge in [0.15, 0.2) is 0 Å². The van der Waals surface area contributed by atoms with Gasteiger partial charge in [0.2, 0.25) is 11.6 Å². The van der Waals surface area contributed by atoms with E-state index in [1.807, 2.05) is 0 Å². The van der Waals surface area contributed by atoms with Gasteiger partial charge < -0.3 is 15.3 Å². The number of hydroxylamine groups is 1. The van der Waals surface area contributed by atoms with Crippen LogP contribution in [0.5, 0.6) is 0 Å². The summed E-state index contributed by atoms with van der Waals surface area (Å²) < 4.78 is 4.95. The highest BCUT2D eigenvalue weighted by Crippen LogP contribution is 2.06. The standard InChI is InChI=1S/C11H20N2O5/c1-6(8(14)9(15)7(2)13-17)12-10(16)18-11(3,4)5/h6-7,13,17H,1-5H3,(H,12,16). The number of hydrogen-bond donors (Lipinski definition) is 3. The van der Waals surface area contributed by atoms with Gasteiger partial charge in [0.1, 0.15) is 5.60 Å². The lowest BCUT2D eigenvalue weighted by Gasteiger charge is -2.21. The Balaban J connectivity index is 4.41. The van der Waals surface area contributed by atoms with Gasteiger partial charge in [0.25, 0.3) is 0 Å². The Morgan fingerprint density at radius 2 is 1.50 bits per heavy atom. The van der Waals surface area contributed by atoms with E-state index in [0.29, 0.717) is 0 Å². The molecule has 1 amide bonds. The van der Waals surface area contributed by atoms with Gasteiger partial charge in [-0.3, -0.25) is 9.59 Å². The molecule has 0 radical (unpaired) electrons. The van der Waals surface area contributed by atoms with Gasteiger partial charge in [0, 0.05) is 0 Å². The Bertz CT molecular complexity index is 335. The molecule has 0 aliphatic heterocycles. The molecular formula is C11H20N2O5. The second kappa shape index (κ2) is 6.46. The number of rotatable bonds is 5. The normalized spacial score (nSPS) is 14.6. The maximum Gasteiger partial charge on any atom is 0.408 e. The summed E-state index contributed by atoms with van der Waals surface area (Å²) in [5.74, 6) is -1.63. The molecule has 2 atom stereocenters. The first-order chi connectivity index (χ1) is 8.08. The van der Waals surface area contributed by atoms with Crippen molar-refractivity contribution in [1.82, 2.24) is 10.8 Å². The molecule has 0 saturated carbocycles. The van der Waals surface area contributed by atoms with Crippen molar-refractivity contribution in [2.24, 2.45) is 0 Å². The summed E-state index contributed by atoms with van der Waals surface area (Å²) in [6.07, 6.45) is -0.777. The molecule has 0 fully saturated rings. The number of carbonyl (C=O) groups excluding carboxylic acids is 3. The fourth-order valence-electron chi connectivity index (χ4n) is 1.04. The summed E-state index contributed by atoms with van der Waals surface area (Å²) in [5, 5.41) is 10.8. The van der Waals surface area contributed by atoms with Gasteiger partial charge in [-0.25, -0.2) is 4.79 Å². The number of Topliss-reactive ketones (excluding diaryl/α,β-unsaturated/α-hetero) is 2. The smallest absolute Gasteiger partial charge is 0.408 e. The number of nitrogens with one attached hydrogen (secondary N) is 2. The summed E-state index contributed by atoms with van der Waals surface area (Å²) in [5.41, 5.74) is 0.994. The highest BCUT2D eigenvalue weighted by molar-refractivity contribution is 6.41. The number of amides is 1. The Kier molecular flexibility index (Phi) is 5.93. The van der Waals surface area contributed by atoms with E-state index in [0.717, 1.165) is 0 Å². The zero-order valence-electron chi connectivity index (χ0n) is 11.2. The number of carbonyl (C=O) groups is 3. The molecule has 18 heavy (non-hydrogen) atoms. The van der Waals surface area contributed by atoms with Crippen LogP contribution in [-0.2, 0) is 14.3 Å². The molecule has 0 heterocycles. The monoisotopic (exact) mass is 260 g/mol. The maximum absolute atomic E-state index is 11.6. The molecule has 0 bridgehead atoms. The fraction of sp³-hybridized carbons (Fsp3) is 0.727. The topological polar surface area (TPSA) is 105 Å². The number of hydrogen-bond acceptors (Lipinski definition) is 6. The van der Waals surface area contributed by atoms with E-state index in [9.17, 15) is 14.4 Å². The van der Waals surface area contributed by atoms with Crippen molar-refractivity contribution >= 4 is 17.7 Å². The zero-order chi connectivity index (χ0) is 14.5. The lowest BCUT2D eigenvalue weighted by atomic mass is 10.1. The second-order valence-corrected chi connectivity index (χ2v) is 4.95. The molecule has 104 valence electrons. The lowest BCUT2D eigenvalue weighted by Crippen LogP contribution is -2.48. The second-order valence-electron chi connectivity index (χ2n) is 4.95. The number of alkyl carbamates (subject to hydrolysis) is 1. The minimum Gasteiger partial charge on any atom is -0.444 e. The molecule has 0 saturated heterocycles. The number of ether oxygens (including phenoxy) is 1. The molecule has 7 heteroatoms. The molecule has 0 spiro atoms. The van der Waals surface area contributed by atoms with Crippen molar-refractivity contribution in [1.29, 1.82) is 0 Å². The Morgan fingerprint density at radius 3 is 1.89 bits per heavy atom. The highest BCUT2D eigenvalue weighted by atomic mass is 16.6. The molecule has 3 N–H and O–H groups in total. The van der Waals surface area contributed by atoms with E-state index in [4.69, 9.17) is 9.94 Å². The predicted octanol–water partition coefficient (Wildman–Crippen LogP) is 0.405.